The van der Waals surface area contributed by atoms with Crippen LogP contribution in [0.1, 0.15) is 13.8 Å². The number of fused-ring (bicyclic) bond motifs is 1. The van der Waals surface area contributed by atoms with E-state index in [0.29, 0.717) is 17.1 Å². The summed E-state index contributed by atoms with van der Waals surface area (Å²) in [5.74, 6) is 0.412. The lowest BCUT2D eigenvalue weighted by Crippen LogP contribution is -2.37. The van der Waals surface area contributed by atoms with Crippen molar-refractivity contribution in [2.45, 2.75) is 13.8 Å². The van der Waals surface area contributed by atoms with Crippen molar-refractivity contribution in [1.29, 1.82) is 0 Å². The summed E-state index contributed by atoms with van der Waals surface area (Å²) in [6.07, 6.45) is 0. The van der Waals surface area contributed by atoms with E-state index in [2.05, 4.69) is 15.5 Å². The zero-order valence-electron chi connectivity index (χ0n) is 11.6. The molecular formula is C11H16N6O2. The second kappa shape index (κ2) is 4.38. The molecule has 0 aromatic carbocycles. The Kier molecular flexibility index (Phi) is 3.01. The Morgan fingerprint density at radius 2 is 1.74 bits per heavy atom. The van der Waals surface area contributed by atoms with E-state index in [9.17, 15) is 9.59 Å². The smallest absolute Gasteiger partial charge is 0.306 e. The maximum atomic E-state index is 12.1. The molecule has 1 N–H and O–H groups in total. The van der Waals surface area contributed by atoms with Crippen LogP contribution < -0.4 is 16.7 Å². The number of hydrazone groups is 1. The topological polar surface area (TPSA) is 86.2 Å². The predicted molar refractivity (Wildman–Crippen MR) is 73.6 cm³/mol. The van der Waals surface area contributed by atoms with E-state index in [1.54, 1.807) is 18.7 Å². The maximum absolute atomic E-state index is 12.1. The molecule has 0 fully saturated rings. The summed E-state index contributed by atoms with van der Waals surface area (Å²) in [4.78, 5) is 28.2. The minimum absolute atomic E-state index is 0.335. The van der Waals surface area contributed by atoms with E-state index in [0.717, 1.165) is 10.3 Å². The van der Waals surface area contributed by atoms with Crippen molar-refractivity contribution in [3.63, 3.8) is 0 Å². The van der Waals surface area contributed by atoms with Crippen LogP contribution in [0.2, 0.25) is 0 Å². The van der Waals surface area contributed by atoms with Crippen molar-refractivity contribution in [2.75, 3.05) is 5.43 Å². The van der Waals surface area contributed by atoms with Gasteiger partial charge in [-0.05, 0) is 13.8 Å². The highest BCUT2D eigenvalue weighted by Gasteiger charge is 2.16. The molecule has 2 aromatic heterocycles. The number of imidazole rings is 1. The quantitative estimate of drug-likeness (QED) is 0.600. The minimum atomic E-state index is -0.405. The first-order chi connectivity index (χ1) is 8.84. The van der Waals surface area contributed by atoms with Gasteiger partial charge < -0.3 is 4.57 Å². The van der Waals surface area contributed by atoms with Crippen molar-refractivity contribution in [2.24, 2.45) is 26.2 Å². The van der Waals surface area contributed by atoms with Crippen LogP contribution in [0, 0.1) is 0 Å². The second-order valence-electron chi connectivity index (χ2n) is 4.54. The van der Waals surface area contributed by atoms with Crippen molar-refractivity contribution < 1.29 is 0 Å². The first kappa shape index (κ1) is 13.1. The van der Waals surface area contributed by atoms with Gasteiger partial charge in [0.2, 0.25) is 5.95 Å². The Labute approximate surface area is 109 Å². The van der Waals surface area contributed by atoms with E-state index in [1.807, 2.05) is 13.8 Å². The average Bonchev–Trinajstić information content (AvgIpc) is 2.69. The number of rotatable bonds is 2. The highest BCUT2D eigenvalue weighted by molar-refractivity contribution is 5.80. The number of nitrogens with zero attached hydrogens (tertiary/aromatic N) is 5. The Hall–Kier alpha value is -2.38. The summed E-state index contributed by atoms with van der Waals surface area (Å²) in [7, 11) is 4.72. The zero-order chi connectivity index (χ0) is 14.3. The Bertz CT molecular complexity index is 788. The standard InChI is InChI=1S/C11H16N6O2/c1-6(2)13-14-10-12-8-7(15(10)3)9(18)17(5)11(19)16(8)4/h1-5H3,(H,12,14). The number of aryl methyl sites for hydroxylation is 2. The van der Waals surface area contributed by atoms with Crippen LogP contribution in [0.5, 0.6) is 0 Å². The van der Waals surface area contributed by atoms with Crippen molar-refractivity contribution in [1.82, 2.24) is 18.7 Å². The van der Waals surface area contributed by atoms with Gasteiger partial charge in [-0.25, -0.2) is 10.2 Å². The molecule has 2 heterocycles. The number of hydrogen-bond acceptors (Lipinski definition) is 5. The van der Waals surface area contributed by atoms with E-state index in [1.165, 1.54) is 11.6 Å². The van der Waals surface area contributed by atoms with E-state index in [-0.39, 0.29) is 5.56 Å². The summed E-state index contributed by atoms with van der Waals surface area (Å²) in [5.41, 5.74) is 3.51. The lowest BCUT2D eigenvalue weighted by Gasteiger charge is -2.03. The summed E-state index contributed by atoms with van der Waals surface area (Å²) in [6, 6.07) is 0. The fraction of sp³-hybridized carbons (Fsp3) is 0.455. The van der Waals surface area contributed by atoms with Crippen LogP contribution in [0.25, 0.3) is 11.2 Å². The Morgan fingerprint density at radius 3 is 2.32 bits per heavy atom. The van der Waals surface area contributed by atoms with Gasteiger partial charge in [0.25, 0.3) is 5.56 Å². The largest absolute Gasteiger partial charge is 0.332 e. The molecule has 0 bridgehead atoms. The molecule has 8 heteroatoms. The van der Waals surface area contributed by atoms with Gasteiger partial charge in [-0.1, -0.05) is 0 Å². The van der Waals surface area contributed by atoms with E-state index in [4.69, 9.17) is 0 Å². The summed E-state index contributed by atoms with van der Waals surface area (Å²) >= 11 is 0. The molecule has 2 rings (SSSR count). The molecule has 0 unspecified atom stereocenters. The van der Waals surface area contributed by atoms with E-state index >= 15 is 0 Å². The van der Waals surface area contributed by atoms with Gasteiger partial charge in [0.05, 0.1) is 0 Å². The molecule has 0 radical (unpaired) electrons. The molecule has 0 saturated carbocycles. The van der Waals surface area contributed by atoms with Crippen LogP contribution in [-0.2, 0) is 21.1 Å². The van der Waals surface area contributed by atoms with E-state index < -0.39 is 5.69 Å². The Morgan fingerprint density at radius 1 is 1.11 bits per heavy atom. The summed E-state index contributed by atoms with van der Waals surface area (Å²) in [6.45, 7) is 3.68. The number of hydrogen-bond donors (Lipinski definition) is 1. The SMILES string of the molecule is CC(C)=NNc1nc2c(c(=O)n(C)c(=O)n2C)n1C. The first-order valence-electron chi connectivity index (χ1n) is 5.74. The molecule has 0 amide bonds. The average molecular weight is 264 g/mol. The summed E-state index contributed by atoms with van der Waals surface area (Å²) in [5, 5.41) is 4.04. The van der Waals surface area contributed by atoms with Crippen LogP contribution in [-0.4, -0.2) is 24.4 Å². The van der Waals surface area contributed by atoms with Crippen molar-refractivity contribution in [3.05, 3.63) is 20.8 Å². The van der Waals surface area contributed by atoms with Crippen LogP contribution in [0.15, 0.2) is 14.7 Å². The molecule has 0 atom stereocenters. The fourth-order valence-electron chi connectivity index (χ4n) is 1.78. The molecular weight excluding hydrogens is 248 g/mol. The molecule has 0 aliphatic carbocycles. The first-order valence-corrected chi connectivity index (χ1v) is 5.74. The van der Waals surface area contributed by atoms with Gasteiger partial charge in [-0.3, -0.25) is 13.9 Å². The predicted octanol–water partition coefficient (Wildman–Crippen LogP) is -0.222. The third-order valence-electron chi connectivity index (χ3n) is 2.86. The molecule has 0 aliphatic rings. The molecule has 8 nitrogen and oxygen atoms in total. The normalized spacial score (nSPS) is 10.8. The molecule has 102 valence electrons. The molecule has 19 heavy (non-hydrogen) atoms. The van der Waals surface area contributed by atoms with Gasteiger partial charge in [0, 0.05) is 26.9 Å². The number of aromatic nitrogens is 4. The van der Waals surface area contributed by atoms with Gasteiger partial charge in [0.1, 0.15) is 0 Å². The van der Waals surface area contributed by atoms with Crippen LogP contribution in [0.4, 0.5) is 5.95 Å². The number of nitrogens with one attached hydrogen (secondary N) is 1. The third-order valence-corrected chi connectivity index (χ3v) is 2.86. The van der Waals surface area contributed by atoms with Crippen molar-refractivity contribution >= 4 is 22.8 Å². The van der Waals surface area contributed by atoms with Crippen molar-refractivity contribution in [3.8, 4) is 0 Å². The highest BCUT2D eigenvalue weighted by atomic mass is 16.2. The monoisotopic (exact) mass is 264 g/mol. The summed E-state index contributed by atoms with van der Waals surface area (Å²) < 4.78 is 3.98. The minimum Gasteiger partial charge on any atom is -0.306 e. The lowest BCUT2D eigenvalue weighted by atomic mass is 10.5. The molecule has 0 saturated heterocycles. The van der Waals surface area contributed by atoms with Gasteiger partial charge in [0.15, 0.2) is 11.2 Å². The second-order valence-corrected chi connectivity index (χ2v) is 4.54. The Balaban J connectivity index is 2.81. The highest BCUT2D eigenvalue weighted by Crippen LogP contribution is 2.12. The molecule has 0 spiro atoms. The third kappa shape index (κ3) is 1.94. The van der Waals surface area contributed by atoms with Crippen LogP contribution in [0.3, 0.4) is 0 Å². The number of anilines is 1. The van der Waals surface area contributed by atoms with Gasteiger partial charge >= 0.3 is 5.69 Å². The fourth-order valence-corrected chi connectivity index (χ4v) is 1.78. The van der Waals surface area contributed by atoms with Crippen LogP contribution >= 0.6 is 0 Å². The van der Waals surface area contributed by atoms with Gasteiger partial charge in [-0.15, -0.1) is 0 Å². The molecule has 2 aromatic rings. The zero-order valence-corrected chi connectivity index (χ0v) is 11.6. The lowest BCUT2D eigenvalue weighted by molar-refractivity contribution is 0.705. The van der Waals surface area contributed by atoms with Gasteiger partial charge in [-0.2, -0.15) is 10.1 Å². The molecule has 0 aliphatic heterocycles. The maximum Gasteiger partial charge on any atom is 0.332 e.